The van der Waals surface area contributed by atoms with Crippen molar-refractivity contribution in [3.63, 3.8) is 0 Å². The maximum absolute atomic E-state index is 13.2. The van der Waals surface area contributed by atoms with Crippen LogP contribution < -0.4 is 10.9 Å². The summed E-state index contributed by atoms with van der Waals surface area (Å²) < 4.78 is 8.59. The molecule has 0 radical (unpaired) electrons. The van der Waals surface area contributed by atoms with Crippen LogP contribution in [0.2, 0.25) is 0 Å². The van der Waals surface area contributed by atoms with Crippen molar-refractivity contribution in [2.45, 2.75) is 46.2 Å². The highest BCUT2D eigenvalue weighted by Crippen LogP contribution is 2.21. The third-order valence-corrected chi connectivity index (χ3v) is 5.35. The predicted octanol–water partition coefficient (Wildman–Crippen LogP) is 3.38. The van der Waals surface area contributed by atoms with E-state index in [4.69, 9.17) is 4.42 Å². The SMILES string of the molecule is CCc1nn(C(CC)C(=O)NCc2ccccc2C)c(=O)c2cc3occc3n12. The summed E-state index contributed by atoms with van der Waals surface area (Å²) >= 11 is 0. The number of amides is 1. The van der Waals surface area contributed by atoms with Crippen LogP contribution in [0.1, 0.15) is 43.3 Å². The Morgan fingerprint density at radius 3 is 2.72 bits per heavy atom. The fourth-order valence-corrected chi connectivity index (χ4v) is 3.71. The first-order valence-corrected chi connectivity index (χ1v) is 9.87. The lowest BCUT2D eigenvalue weighted by Gasteiger charge is -2.19. The number of furan rings is 1. The minimum atomic E-state index is -0.678. The van der Waals surface area contributed by atoms with Gasteiger partial charge in [-0.2, -0.15) is 5.10 Å². The van der Waals surface area contributed by atoms with Crippen molar-refractivity contribution in [1.29, 1.82) is 0 Å². The van der Waals surface area contributed by atoms with Gasteiger partial charge in [-0.3, -0.25) is 14.0 Å². The van der Waals surface area contributed by atoms with Crippen molar-refractivity contribution < 1.29 is 9.21 Å². The van der Waals surface area contributed by atoms with Gasteiger partial charge in [0.25, 0.3) is 5.56 Å². The fraction of sp³-hybridized carbons (Fsp3) is 0.318. The number of nitrogens with zero attached hydrogens (tertiary/aromatic N) is 3. The summed E-state index contributed by atoms with van der Waals surface area (Å²) in [6.45, 7) is 6.28. The summed E-state index contributed by atoms with van der Waals surface area (Å²) in [6.07, 6.45) is 2.67. The molecule has 4 rings (SSSR count). The van der Waals surface area contributed by atoms with E-state index in [9.17, 15) is 9.59 Å². The molecule has 1 unspecified atom stereocenters. The summed E-state index contributed by atoms with van der Waals surface area (Å²) in [4.78, 5) is 26.1. The second-order valence-corrected chi connectivity index (χ2v) is 7.12. The number of rotatable bonds is 6. The summed E-state index contributed by atoms with van der Waals surface area (Å²) in [5.41, 5.74) is 3.77. The largest absolute Gasteiger partial charge is 0.463 e. The van der Waals surface area contributed by atoms with Crippen LogP contribution in [0.25, 0.3) is 16.6 Å². The molecule has 3 heterocycles. The molecule has 1 amide bonds. The average molecular weight is 392 g/mol. The number of hydrogen-bond donors (Lipinski definition) is 1. The number of aryl methyl sites for hydroxylation is 2. The predicted molar refractivity (Wildman–Crippen MR) is 111 cm³/mol. The third-order valence-electron chi connectivity index (χ3n) is 5.35. The maximum atomic E-state index is 13.2. The highest BCUT2D eigenvalue weighted by atomic mass is 16.3. The molecule has 1 N–H and O–H groups in total. The number of benzene rings is 1. The van der Waals surface area contributed by atoms with Crippen molar-refractivity contribution in [3.05, 3.63) is 70.0 Å². The van der Waals surface area contributed by atoms with E-state index in [1.807, 2.05) is 55.5 Å². The van der Waals surface area contributed by atoms with E-state index < -0.39 is 6.04 Å². The lowest BCUT2D eigenvalue weighted by atomic mass is 10.1. The molecular weight excluding hydrogens is 368 g/mol. The lowest BCUT2D eigenvalue weighted by Crippen LogP contribution is -2.39. The Bertz CT molecular complexity index is 1250. The monoisotopic (exact) mass is 392 g/mol. The van der Waals surface area contributed by atoms with Crippen LogP contribution in [0.15, 0.2) is 51.9 Å². The molecule has 0 aliphatic heterocycles. The van der Waals surface area contributed by atoms with Gasteiger partial charge in [0.2, 0.25) is 5.91 Å². The van der Waals surface area contributed by atoms with Crippen LogP contribution in [0.4, 0.5) is 0 Å². The van der Waals surface area contributed by atoms with E-state index in [-0.39, 0.29) is 11.5 Å². The number of nitrogens with one attached hydrogen (secondary N) is 1. The van der Waals surface area contributed by atoms with Gasteiger partial charge in [0, 0.05) is 25.1 Å². The zero-order valence-electron chi connectivity index (χ0n) is 16.8. The molecular formula is C22H24N4O3. The Morgan fingerprint density at radius 2 is 2.00 bits per heavy atom. The second-order valence-electron chi connectivity index (χ2n) is 7.12. The number of fused-ring (bicyclic) bond motifs is 3. The summed E-state index contributed by atoms with van der Waals surface area (Å²) in [5, 5.41) is 7.51. The van der Waals surface area contributed by atoms with Crippen molar-refractivity contribution >= 4 is 22.5 Å². The molecule has 1 aromatic carbocycles. The zero-order valence-corrected chi connectivity index (χ0v) is 16.8. The first-order valence-electron chi connectivity index (χ1n) is 9.87. The fourth-order valence-electron chi connectivity index (χ4n) is 3.71. The molecule has 0 aliphatic carbocycles. The van der Waals surface area contributed by atoms with Gasteiger partial charge in [0.1, 0.15) is 17.4 Å². The smallest absolute Gasteiger partial charge is 0.291 e. The molecule has 3 aromatic heterocycles. The van der Waals surface area contributed by atoms with E-state index >= 15 is 0 Å². The van der Waals surface area contributed by atoms with E-state index in [0.29, 0.717) is 36.3 Å². The Hall–Kier alpha value is -3.35. The van der Waals surface area contributed by atoms with Crippen molar-refractivity contribution in [1.82, 2.24) is 19.5 Å². The molecule has 0 bridgehead atoms. The van der Waals surface area contributed by atoms with Gasteiger partial charge in [-0.1, -0.05) is 38.1 Å². The van der Waals surface area contributed by atoms with Crippen LogP contribution in [0, 0.1) is 6.92 Å². The molecule has 1 atom stereocenters. The molecule has 0 saturated carbocycles. The molecule has 0 spiro atoms. The topological polar surface area (TPSA) is 81.5 Å². The number of hydrogen-bond acceptors (Lipinski definition) is 4. The van der Waals surface area contributed by atoms with Gasteiger partial charge in [-0.05, 0) is 24.5 Å². The van der Waals surface area contributed by atoms with Crippen molar-refractivity contribution in [2.24, 2.45) is 0 Å². The molecule has 0 fully saturated rings. The van der Waals surface area contributed by atoms with E-state index in [2.05, 4.69) is 10.4 Å². The van der Waals surface area contributed by atoms with E-state index in [1.54, 1.807) is 12.3 Å². The Labute approximate surface area is 167 Å². The molecule has 0 aliphatic rings. The average Bonchev–Trinajstić information content (AvgIpc) is 3.31. The maximum Gasteiger partial charge on any atom is 0.291 e. The van der Waals surface area contributed by atoms with Gasteiger partial charge in [-0.25, -0.2) is 4.68 Å². The van der Waals surface area contributed by atoms with Crippen LogP contribution >= 0.6 is 0 Å². The first-order chi connectivity index (χ1) is 14.0. The van der Waals surface area contributed by atoms with Gasteiger partial charge >= 0.3 is 0 Å². The molecule has 7 nitrogen and oxygen atoms in total. The Balaban J connectivity index is 1.71. The van der Waals surface area contributed by atoms with Gasteiger partial charge < -0.3 is 9.73 Å². The highest BCUT2D eigenvalue weighted by molar-refractivity contribution is 5.83. The number of carbonyl (C=O) groups excluding carboxylic acids is 1. The van der Waals surface area contributed by atoms with Crippen molar-refractivity contribution in [2.75, 3.05) is 0 Å². The summed E-state index contributed by atoms with van der Waals surface area (Å²) in [5.74, 6) is 0.494. The Kier molecular flexibility index (Phi) is 4.96. The molecule has 150 valence electrons. The number of carbonyl (C=O) groups is 1. The van der Waals surface area contributed by atoms with Gasteiger partial charge in [0.15, 0.2) is 5.58 Å². The highest BCUT2D eigenvalue weighted by Gasteiger charge is 2.24. The molecule has 0 saturated heterocycles. The van der Waals surface area contributed by atoms with Crippen LogP contribution in [-0.2, 0) is 17.8 Å². The number of aromatic nitrogens is 3. The van der Waals surface area contributed by atoms with Crippen LogP contribution in [0.5, 0.6) is 0 Å². The van der Waals surface area contributed by atoms with Crippen molar-refractivity contribution in [3.8, 4) is 0 Å². The summed E-state index contributed by atoms with van der Waals surface area (Å²) in [7, 11) is 0. The Morgan fingerprint density at radius 1 is 1.21 bits per heavy atom. The van der Waals surface area contributed by atoms with E-state index in [1.165, 1.54) is 4.68 Å². The zero-order chi connectivity index (χ0) is 20.5. The van der Waals surface area contributed by atoms with Crippen LogP contribution in [0.3, 0.4) is 0 Å². The quantitative estimate of drug-likeness (QED) is 0.545. The standard InChI is InChI=1S/C22H24N4O3/c1-4-16(21(27)23-13-15-9-7-6-8-14(15)3)26-22(28)18-12-19-17(10-11-29-19)25(18)20(5-2)24-26/h6-12,16H,4-5,13H2,1-3H3,(H,23,27). The normalized spacial score (nSPS) is 12.5. The molecule has 29 heavy (non-hydrogen) atoms. The lowest BCUT2D eigenvalue weighted by molar-refractivity contribution is -0.125. The van der Waals surface area contributed by atoms with Gasteiger partial charge in [-0.15, -0.1) is 0 Å². The first kappa shape index (κ1) is 19.0. The molecule has 7 heteroatoms. The summed E-state index contributed by atoms with van der Waals surface area (Å²) in [6, 6.07) is 10.8. The van der Waals surface area contributed by atoms with E-state index in [0.717, 1.165) is 16.6 Å². The van der Waals surface area contributed by atoms with Crippen LogP contribution in [-0.4, -0.2) is 20.1 Å². The molecule has 4 aromatic rings. The second kappa shape index (κ2) is 7.58. The minimum Gasteiger partial charge on any atom is -0.463 e. The third kappa shape index (κ3) is 3.22. The minimum absolute atomic E-state index is 0.216. The van der Waals surface area contributed by atoms with Gasteiger partial charge in [0.05, 0.1) is 11.8 Å².